The third-order valence-corrected chi connectivity index (χ3v) is 8.33. The van der Waals surface area contributed by atoms with Gasteiger partial charge in [0.1, 0.15) is 11.8 Å². The Bertz CT molecular complexity index is 1450. The van der Waals surface area contributed by atoms with Gasteiger partial charge in [0, 0.05) is 42.5 Å². The van der Waals surface area contributed by atoms with Crippen LogP contribution in [-0.4, -0.2) is 57.1 Å². The van der Waals surface area contributed by atoms with Crippen LogP contribution in [0.2, 0.25) is 10.0 Å². The van der Waals surface area contributed by atoms with E-state index in [9.17, 15) is 18.0 Å². The van der Waals surface area contributed by atoms with Gasteiger partial charge in [-0.05, 0) is 55.7 Å². The molecule has 2 amide bonds. The maximum atomic E-state index is 13.9. The first-order valence-corrected chi connectivity index (χ1v) is 16.4. The SMILES string of the molecule is CCNC(=O)[C@H](Cc1ccccc1)N(Cc1ccc(Cl)cc1Cl)C(=O)CCCN(c1ccccc1OCC)S(C)(=O)=O. The predicted molar refractivity (Wildman–Crippen MR) is 169 cm³/mol. The van der Waals surface area contributed by atoms with Gasteiger partial charge in [-0.2, -0.15) is 0 Å². The van der Waals surface area contributed by atoms with Crippen molar-refractivity contribution in [1.29, 1.82) is 0 Å². The Morgan fingerprint density at radius 1 is 0.976 bits per heavy atom. The van der Waals surface area contributed by atoms with Crippen LogP contribution in [0.1, 0.15) is 37.8 Å². The van der Waals surface area contributed by atoms with Crippen LogP contribution in [0.5, 0.6) is 5.75 Å². The number of ether oxygens (including phenoxy) is 1. The van der Waals surface area contributed by atoms with Gasteiger partial charge in [-0.25, -0.2) is 8.42 Å². The highest BCUT2D eigenvalue weighted by molar-refractivity contribution is 7.92. The number of carbonyl (C=O) groups excluding carboxylic acids is 2. The zero-order valence-corrected chi connectivity index (χ0v) is 26.4. The van der Waals surface area contributed by atoms with Crippen molar-refractivity contribution in [3.8, 4) is 5.75 Å². The summed E-state index contributed by atoms with van der Waals surface area (Å²) in [5.74, 6) is -0.155. The Labute approximate surface area is 258 Å². The summed E-state index contributed by atoms with van der Waals surface area (Å²) in [6.45, 7) is 4.54. The molecule has 0 saturated carbocycles. The fourth-order valence-electron chi connectivity index (χ4n) is 4.60. The minimum atomic E-state index is -3.68. The molecule has 11 heteroatoms. The molecule has 0 heterocycles. The third kappa shape index (κ3) is 9.37. The van der Waals surface area contributed by atoms with E-state index in [2.05, 4.69) is 5.32 Å². The van der Waals surface area contributed by atoms with E-state index in [1.165, 1.54) is 9.21 Å². The van der Waals surface area contributed by atoms with Crippen molar-refractivity contribution in [3.63, 3.8) is 0 Å². The molecule has 0 bridgehead atoms. The fraction of sp³-hybridized carbons (Fsp3) is 0.355. The number of para-hydroxylation sites is 2. The van der Waals surface area contributed by atoms with Gasteiger partial charge in [-0.1, -0.05) is 71.7 Å². The Kier molecular flexibility index (Phi) is 12.5. The lowest BCUT2D eigenvalue weighted by Crippen LogP contribution is -2.50. The Morgan fingerprint density at radius 2 is 1.67 bits per heavy atom. The molecule has 42 heavy (non-hydrogen) atoms. The monoisotopic (exact) mass is 633 g/mol. The van der Waals surface area contributed by atoms with Crippen molar-refractivity contribution in [2.75, 3.05) is 30.3 Å². The molecule has 0 aliphatic heterocycles. The predicted octanol–water partition coefficient (Wildman–Crippen LogP) is 5.71. The maximum Gasteiger partial charge on any atom is 0.243 e. The number of benzene rings is 3. The van der Waals surface area contributed by atoms with Crippen molar-refractivity contribution in [1.82, 2.24) is 10.2 Å². The molecule has 0 fully saturated rings. The van der Waals surface area contributed by atoms with Gasteiger partial charge in [0.25, 0.3) is 0 Å². The highest BCUT2D eigenvalue weighted by atomic mass is 35.5. The minimum absolute atomic E-state index is 0.00126. The lowest BCUT2D eigenvalue weighted by atomic mass is 10.0. The summed E-state index contributed by atoms with van der Waals surface area (Å²) in [5.41, 5.74) is 1.94. The van der Waals surface area contributed by atoms with Gasteiger partial charge < -0.3 is 15.0 Å². The number of nitrogens with zero attached hydrogens (tertiary/aromatic N) is 2. The normalized spacial score (nSPS) is 11.9. The lowest BCUT2D eigenvalue weighted by molar-refractivity contribution is -0.141. The van der Waals surface area contributed by atoms with Crippen LogP contribution < -0.4 is 14.4 Å². The van der Waals surface area contributed by atoms with Gasteiger partial charge >= 0.3 is 0 Å². The molecular formula is C31H37Cl2N3O5S. The average Bonchev–Trinajstić information content (AvgIpc) is 2.94. The third-order valence-electron chi connectivity index (χ3n) is 6.56. The van der Waals surface area contributed by atoms with Crippen molar-refractivity contribution >= 4 is 50.7 Å². The molecule has 0 spiro atoms. The molecule has 8 nitrogen and oxygen atoms in total. The van der Waals surface area contributed by atoms with Gasteiger partial charge in [-0.3, -0.25) is 13.9 Å². The van der Waals surface area contributed by atoms with Crippen LogP contribution in [0.4, 0.5) is 5.69 Å². The first-order chi connectivity index (χ1) is 20.0. The van der Waals surface area contributed by atoms with E-state index >= 15 is 0 Å². The summed E-state index contributed by atoms with van der Waals surface area (Å²) in [7, 11) is -3.68. The number of hydrogen-bond donors (Lipinski definition) is 1. The highest BCUT2D eigenvalue weighted by Gasteiger charge is 2.31. The molecule has 0 saturated heterocycles. The highest BCUT2D eigenvalue weighted by Crippen LogP contribution is 2.30. The van der Waals surface area contributed by atoms with E-state index in [-0.39, 0.29) is 37.7 Å². The van der Waals surface area contributed by atoms with Crippen LogP contribution >= 0.6 is 23.2 Å². The van der Waals surface area contributed by atoms with Crippen molar-refractivity contribution in [2.45, 2.75) is 45.7 Å². The molecule has 3 rings (SSSR count). The molecule has 0 aromatic heterocycles. The van der Waals surface area contributed by atoms with Gasteiger partial charge in [0.2, 0.25) is 21.8 Å². The van der Waals surface area contributed by atoms with E-state index in [1.54, 1.807) is 42.5 Å². The molecule has 3 aromatic carbocycles. The molecule has 0 aliphatic rings. The van der Waals surface area contributed by atoms with E-state index < -0.39 is 16.1 Å². The number of amides is 2. The van der Waals surface area contributed by atoms with Crippen molar-refractivity contribution in [2.24, 2.45) is 0 Å². The summed E-state index contributed by atoms with van der Waals surface area (Å²) in [5, 5.41) is 3.69. The number of sulfonamides is 1. The number of rotatable bonds is 15. The molecule has 1 atom stereocenters. The molecule has 226 valence electrons. The Hall–Kier alpha value is -3.27. The summed E-state index contributed by atoms with van der Waals surface area (Å²) in [6, 6.07) is 20.5. The van der Waals surface area contributed by atoms with Crippen LogP contribution in [0, 0.1) is 0 Å². The van der Waals surface area contributed by atoms with Crippen LogP contribution in [0.15, 0.2) is 72.8 Å². The summed E-state index contributed by atoms with van der Waals surface area (Å²) in [6.07, 6.45) is 1.63. The number of halogens is 2. The fourth-order valence-corrected chi connectivity index (χ4v) is 6.04. The first-order valence-electron chi connectivity index (χ1n) is 13.8. The van der Waals surface area contributed by atoms with Crippen molar-refractivity contribution in [3.05, 3.63) is 94.0 Å². The summed E-state index contributed by atoms with van der Waals surface area (Å²) >= 11 is 12.6. The quantitative estimate of drug-likeness (QED) is 0.231. The van der Waals surface area contributed by atoms with E-state index in [0.717, 1.165) is 11.8 Å². The molecule has 0 unspecified atom stereocenters. The minimum Gasteiger partial charge on any atom is -0.492 e. The number of likely N-dealkylation sites (N-methyl/N-ethyl adjacent to an activating group) is 1. The standard InChI is InChI=1S/C31H37Cl2N3O5S/c1-4-34-31(38)28(20-23-12-7-6-8-13-23)35(22-24-17-18-25(32)21-26(24)33)30(37)16-11-19-36(42(3,39)40)27-14-9-10-15-29(27)41-5-2/h6-10,12-15,17-18,21,28H,4-5,11,16,19-20,22H2,1-3H3,(H,34,38)/t28-/m0/s1. The largest absolute Gasteiger partial charge is 0.492 e. The average molecular weight is 635 g/mol. The van der Waals surface area contributed by atoms with E-state index in [4.69, 9.17) is 27.9 Å². The second-order valence-electron chi connectivity index (χ2n) is 9.70. The van der Waals surface area contributed by atoms with E-state index in [1.807, 2.05) is 44.2 Å². The molecule has 1 N–H and O–H groups in total. The van der Waals surface area contributed by atoms with Gasteiger partial charge in [0.05, 0.1) is 18.6 Å². The maximum absolute atomic E-state index is 13.9. The number of nitrogens with one attached hydrogen (secondary N) is 1. The van der Waals surface area contributed by atoms with Crippen molar-refractivity contribution < 1.29 is 22.7 Å². The number of carbonyl (C=O) groups is 2. The van der Waals surface area contributed by atoms with Crippen LogP contribution in [-0.2, 0) is 32.6 Å². The zero-order valence-electron chi connectivity index (χ0n) is 24.1. The number of hydrogen-bond acceptors (Lipinski definition) is 5. The number of anilines is 1. The molecule has 3 aromatic rings. The lowest BCUT2D eigenvalue weighted by Gasteiger charge is -2.32. The second-order valence-corrected chi connectivity index (χ2v) is 12.4. The topological polar surface area (TPSA) is 96.0 Å². The Balaban J connectivity index is 1.90. The Morgan fingerprint density at radius 3 is 2.31 bits per heavy atom. The molecule has 0 aliphatic carbocycles. The first kappa shape index (κ1) is 33.2. The molecular weight excluding hydrogens is 597 g/mol. The van der Waals surface area contributed by atoms with Crippen LogP contribution in [0.3, 0.4) is 0 Å². The summed E-state index contributed by atoms with van der Waals surface area (Å²) < 4.78 is 32.4. The zero-order chi connectivity index (χ0) is 30.7. The second kappa shape index (κ2) is 15.8. The van der Waals surface area contributed by atoms with E-state index in [0.29, 0.717) is 46.6 Å². The van der Waals surface area contributed by atoms with Gasteiger partial charge in [0.15, 0.2) is 0 Å². The summed E-state index contributed by atoms with van der Waals surface area (Å²) in [4.78, 5) is 28.8. The van der Waals surface area contributed by atoms with Crippen LogP contribution in [0.25, 0.3) is 0 Å². The smallest absolute Gasteiger partial charge is 0.243 e. The molecule has 0 radical (unpaired) electrons. The van der Waals surface area contributed by atoms with Gasteiger partial charge in [-0.15, -0.1) is 0 Å².